The van der Waals surface area contributed by atoms with Crippen molar-refractivity contribution in [2.75, 3.05) is 40.9 Å². The summed E-state index contributed by atoms with van der Waals surface area (Å²) in [6.45, 7) is 4.92. The Balaban J connectivity index is 4.22. The molecule has 0 saturated carbocycles. The second kappa shape index (κ2) is 44.4. The van der Waals surface area contributed by atoms with Crippen molar-refractivity contribution in [1.29, 1.82) is 0 Å². The molecule has 0 heterocycles. The number of quaternary nitrogens is 1. The SMILES string of the molecule is CCCCCCCCCC/C=C\CCCCCCCCCCCC(=O)NC(COP(=O)(O)OCC[N+](C)(C)C)C(O)CCCCCCCCCCCCCCCCCCCC. The monoisotopic (exact) mass is 886 g/mol. The molecule has 0 spiro atoms. The lowest BCUT2D eigenvalue weighted by Crippen LogP contribution is -2.46. The number of rotatable bonds is 49. The number of phosphoric ester groups is 1. The van der Waals surface area contributed by atoms with Gasteiger partial charge in [0.05, 0.1) is 39.9 Å². The van der Waals surface area contributed by atoms with Crippen molar-refractivity contribution in [2.45, 2.75) is 276 Å². The van der Waals surface area contributed by atoms with Gasteiger partial charge in [-0.25, -0.2) is 4.57 Å². The summed E-state index contributed by atoms with van der Waals surface area (Å²) in [5.41, 5.74) is 0. The number of carbonyl (C=O) groups is 1. The van der Waals surface area contributed by atoms with Gasteiger partial charge in [-0.3, -0.25) is 13.8 Å². The second-order valence-electron chi connectivity index (χ2n) is 19.6. The van der Waals surface area contributed by atoms with Gasteiger partial charge in [-0.2, -0.15) is 0 Å². The van der Waals surface area contributed by atoms with E-state index in [0.717, 1.165) is 38.5 Å². The van der Waals surface area contributed by atoms with Gasteiger partial charge in [0, 0.05) is 6.42 Å². The van der Waals surface area contributed by atoms with Crippen molar-refractivity contribution in [1.82, 2.24) is 5.32 Å². The van der Waals surface area contributed by atoms with Crippen molar-refractivity contribution in [3.63, 3.8) is 0 Å². The molecule has 0 aromatic carbocycles. The maximum absolute atomic E-state index is 13.0. The molecule has 3 N–H and O–H groups in total. The third kappa shape index (κ3) is 47.0. The number of hydrogen-bond acceptors (Lipinski definition) is 5. The lowest BCUT2D eigenvalue weighted by Gasteiger charge is -2.26. The molecule has 0 rings (SSSR count). The van der Waals surface area contributed by atoms with Crippen LogP contribution in [-0.4, -0.2) is 73.4 Å². The van der Waals surface area contributed by atoms with Gasteiger partial charge < -0.3 is 19.8 Å². The van der Waals surface area contributed by atoms with E-state index in [1.807, 2.05) is 21.1 Å². The van der Waals surface area contributed by atoms with Crippen LogP contribution in [0, 0.1) is 0 Å². The normalized spacial score (nSPS) is 14.1. The molecule has 0 aliphatic rings. The van der Waals surface area contributed by atoms with Crippen LogP contribution in [0.3, 0.4) is 0 Å². The van der Waals surface area contributed by atoms with Gasteiger partial charge in [-0.1, -0.05) is 231 Å². The van der Waals surface area contributed by atoms with Crippen LogP contribution in [0.1, 0.15) is 264 Å². The van der Waals surface area contributed by atoms with Crippen LogP contribution in [-0.2, 0) is 18.4 Å². The molecule has 1 amide bonds. The standard InChI is InChI=1S/C52H105N2O6P/c1-6-8-10-12-14-16-18-20-22-24-26-27-28-30-32-34-36-38-40-42-44-46-52(56)53-50(49-60-61(57,58)59-48-47-54(3,4)5)51(55)45-43-41-39-37-35-33-31-29-25-23-21-19-17-15-13-11-9-7-2/h24,26,50-51,55H,6-23,25,27-49H2,1-5H3,(H-,53,56,57,58)/p+1/b26-24-. The number of phosphoric acid groups is 1. The number of aliphatic hydroxyl groups excluding tert-OH is 1. The minimum absolute atomic E-state index is 0.0766. The van der Waals surface area contributed by atoms with E-state index in [0.29, 0.717) is 23.9 Å². The molecule has 3 atom stereocenters. The Hall–Kier alpha value is -0.760. The van der Waals surface area contributed by atoms with Crippen LogP contribution in [0.2, 0.25) is 0 Å². The zero-order valence-electron chi connectivity index (χ0n) is 41.4. The molecule has 0 saturated heterocycles. The summed E-state index contributed by atoms with van der Waals surface area (Å²) in [5, 5.41) is 14.0. The first-order valence-corrected chi connectivity index (χ1v) is 28.0. The molecule has 0 aliphatic carbocycles. The van der Waals surface area contributed by atoms with Gasteiger partial charge in [0.25, 0.3) is 0 Å². The molecule has 9 heteroatoms. The van der Waals surface area contributed by atoms with E-state index in [4.69, 9.17) is 9.05 Å². The molecule has 0 bridgehead atoms. The highest BCUT2D eigenvalue weighted by molar-refractivity contribution is 7.47. The first-order chi connectivity index (χ1) is 29.5. The Labute approximate surface area is 380 Å². The number of amides is 1. The van der Waals surface area contributed by atoms with E-state index < -0.39 is 20.0 Å². The molecule has 0 radical (unpaired) electrons. The third-order valence-electron chi connectivity index (χ3n) is 12.3. The summed E-state index contributed by atoms with van der Waals surface area (Å²) in [4.78, 5) is 23.3. The fourth-order valence-electron chi connectivity index (χ4n) is 8.04. The quantitative estimate of drug-likeness (QED) is 0.0243. The summed E-state index contributed by atoms with van der Waals surface area (Å²) in [6.07, 6.45) is 52.4. The number of nitrogens with zero attached hydrogens (tertiary/aromatic N) is 1. The maximum Gasteiger partial charge on any atom is 0.472 e. The smallest absolute Gasteiger partial charge is 0.391 e. The van der Waals surface area contributed by atoms with Gasteiger partial charge in [0.1, 0.15) is 13.2 Å². The highest BCUT2D eigenvalue weighted by Gasteiger charge is 2.28. The van der Waals surface area contributed by atoms with Crippen molar-refractivity contribution in [3.05, 3.63) is 12.2 Å². The topological polar surface area (TPSA) is 105 Å². The van der Waals surface area contributed by atoms with Crippen LogP contribution < -0.4 is 5.32 Å². The van der Waals surface area contributed by atoms with Crippen LogP contribution in [0.4, 0.5) is 0 Å². The molecular weight excluding hydrogens is 780 g/mol. The number of unbranched alkanes of at least 4 members (excludes halogenated alkanes) is 34. The van der Waals surface area contributed by atoms with E-state index >= 15 is 0 Å². The van der Waals surface area contributed by atoms with Crippen LogP contribution in [0.15, 0.2) is 12.2 Å². The highest BCUT2D eigenvalue weighted by Crippen LogP contribution is 2.43. The Morgan fingerprint density at radius 1 is 0.541 bits per heavy atom. The Morgan fingerprint density at radius 3 is 1.26 bits per heavy atom. The molecule has 61 heavy (non-hydrogen) atoms. The second-order valence-corrected chi connectivity index (χ2v) is 21.1. The minimum atomic E-state index is -4.32. The van der Waals surface area contributed by atoms with Crippen LogP contribution in [0.5, 0.6) is 0 Å². The highest BCUT2D eigenvalue weighted by atomic mass is 31.2. The minimum Gasteiger partial charge on any atom is -0.391 e. The van der Waals surface area contributed by atoms with Crippen LogP contribution >= 0.6 is 7.82 Å². The van der Waals surface area contributed by atoms with E-state index in [9.17, 15) is 19.4 Å². The van der Waals surface area contributed by atoms with Crippen molar-refractivity contribution >= 4 is 13.7 Å². The summed E-state index contributed by atoms with van der Waals surface area (Å²) < 4.78 is 23.7. The van der Waals surface area contributed by atoms with E-state index in [1.54, 1.807) is 0 Å². The zero-order chi connectivity index (χ0) is 45.0. The maximum atomic E-state index is 13.0. The third-order valence-corrected chi connectivity index (χ3v) is 13.2. The zero-order valence-corrected chi connectivity index (χ0v) is 42.3. The molecule has 8 nitrogen and oxygen atoms in total. The van der Waals surface area contributed by atoms with Gasteiger partial charge in [0.15, 0.2) is 0 Å². The lowest BCUT2D eigenvalue weighted by atomic mass is 10.0. The fraction of sp³-hybridized carbons (Fsp3) is 0.942. The average molecular weight is 886 g/mol. The van der Waals surface area contributed by atoms with E-state index in [1.165, 1.54) is 199 Å². The number of hydrogen-bond donors (Lipinski definition) is 3. The van der Waals surface area contributed by atoms with E-state index in [-0.39, 0.29) is 19.1 Å². The molecule has 3 unspecified atom stereocenters. The Bertz CT molecular complexity index is 1000. The lowest BCUT2D eigenvalue weighted by molar-refractivity contribution is -0.870. The summed E-state index contributed by atoms with van der Waals surface area (Å²) in [6, 6.07) is -0.758. The summed E-state index contributed by atoms with van der Waals surface area (Å²) in [7, 11) is 1.63. The summed E-state index contributed by atoms with van der Waals surface area (Å²) in [5.74, 6) is -0.143. The molecule has 0 fully saturated rings. The molecule has 364 valence electrons. The predicted octanol–water partition coefficient (Wildman–Crippen LogP) is 15.5. The number of likely N-dealkylation sites (N-methyl/N-ethyl adjacent to an activating group) is 1. The number of carbonyl (C=O) groups excluding carboxylic acids is 1. The van der Waals surface area contributed by atoms with E-state index in [2.05, 4.69) is 31.3 Å². The van der Waals surface area contributed by atoms with Crippen molar-refractivity contribution < 1.29 is 32.9 Å². The first-order valence-electron chi connectivity index (χ1n) is 26.6. The van der Waals surface area contributed by atoms with Crippen molar-refractivity contribution in [2.24, 2.45) is 0 Å². The average Bonchev–Trinajstić information content (AvgIpc) is 3.21. The van der Waals surface area contributed by atoms with Crippen LogP contribution in [0.25, 0.3) is 0 Å². The number of aliphatic hydroxyl groups is 1. The number of nitrogens with one attached hydrogen (secondary N) is 1. The Morgan fingerprint density at radius 2 is 0.885 bits per heavy atom. The number of allylic oxidation sites excluding steroid dienone is 2. The predicted molar refractivity (Wildman–Crippen MR) is 263 cm³/mol. The van der Waals surface area contributed by atoms with Gasteiger partial charge in [-0.05, 0) is 38.5 Å². The molecule has 0 aromatic rings. The molecular formula is C52H106N2O6P+. The van der Waals surface area contributed by atoms with Crippen molar-refractivity contribution in [3.8, 4) is 0 Å². The van der Waals surface area contributed by atoms with Gasteiger partial charge in [-0.15, -0.1) is 0 Å². The molecule has 0 aliphatic heterocycles. The fourth-order valence-corrected chi connectivity index (χ4v) is 8.78. The Kier molecular flexibility index (Phi) is 43.9. The van der Waals surface area contributed by atoms with Gasteiger partial charge >= 0.3 is 7.82 Å². The molecule has 0 aromatic heterocycles. The summed E-state index contributed by atoms with van der Waals surface area (Å²) >= 11 is 0. The largest absolute Gasteiger partial charge is 0.472 e. The first kappa shape index (κ1) is 60.2. The van der Waals surface area contributed by atoms with Gasteiger partial charge in [0.2, 0.25) is 5.91 Å².